The molecule has 0 aromatic heterocycles. The molecule has 0 aromatic rings. The number of hydrogen-bond acceptors (Lipinski definition) is 5. The molecule has 0 aliphatic rings. The maximum absolute atomic E-state index is 6.09. The van der Waals surface area contributed by atoms with Gasteiger partial charge in [-0.15, -0.1) is 0 Å². The quantitative estimate of drug-likeness (QED) is 0.477. The monoisotopic (exact) mass is 365 g/mol. The normalized spacial score (nSPS) is 15.7. The number of rotatable bonds is 14. The molecule has 5 nitrogen and oxygen atoms in total. The average molecular weight is 366 g/mol. The standard InChI is InChI=1S/C16H39NO4Si2/c1-9-15(22(7,8)18-11-3)17-16(10-2)23(19-12-4,20-13-5)21-14-6/h15-17H,9-14H2,1-8H3. The summed E-state index contributed by atoms with van der Waals surface area (Å²) in [5.74, 6) is 0. The Labute approximate surface area is 145 Å². The molecule has 7 heteroatoms. The van der Waals surface area contributed by atoms with Crippen LogP contribution in [-0.4, -0.2) is 54.9 Å². The highest BCUT2D eigenvalue weighted by atomic mass is 28.4. The fraction of sp³-hybridized carbons (Fsp3) is 1.00. The third-order valence-electron chi connectivity index (χ3n) is 4.04. The molecule has 0 saturated heterocycles. The predicted octanol–water partition coefficient (Wildman–Crippen LogP) is 3.50. The molecule has 23 heavy (non-hydrogen) atoms. The van der Waals surface area contributed by atoms with E-state index in [1.54, 1.807) is 0 Å². The third kappa shape index (κ3) is 6.93. The van der Waals surface area contributed by atoms with Crippen LogP contribution < -0.4 is 5.32 Å². The first kappa shape index (κ1) is 23.2. The summed E-state index contributed by atoms with van der Waals surface area (Å²) in [5, 5.41) is 3.80. The zero-order valence-corrected chi connectivity index (χ0v) is 18.5. The van der Waals surface area contributed by atoms with Crippen LogP contribution in [0.3, 0.4) is 0 Å². The first-order chi connectivity index (χ1) is 10.9. The lowest BCUT2D eigenvalue weighted by Crippen LogP contribution is -2.67. The van der Waals surface area contributed by atoms with Gasteiger partial charge in [0.25, 0.3) is 0 Å². The summed E-state index contributed by atoms with van der Waals surface area (Å²) in [7, 11) is -4.57. The Morgan fingerprint density at radius 1 is 0.652 bits per heavy atom. The van der Waals surface area contributed by atoms with E-state index < -0.39 is 17.1 Å². The van der Waals surface area contributed by atoms with Gasteiger partial charge in [0, 0.05) is 32.1 Å². The molecule has 140 valence electrons. The van der Waals surface area contributed by atoms with E-state index in [9.17, 15) is 0 Å². The van der Waals surface area contributed by atoms with E-state index in [-0.39, 0.29) is 5.67 Å². The fourth-order valence-corrected chi connectivity index (χ4v) is 8.69. The van der Waals surface area contributed by atoms with Crippen LogP contribution >= 0.6 is 0 Å². The molecule has 0 aromatic carbocycles. The van der Waals surface area contributed by atoms with Crippen molar-refractivity contribution in [1.29, 1.82) is 0 Å². The van der Waals surface area contributed by atoms with Gasteiger partial charge in [-0.3, -0.25) is 0 Å². The van der Waals surface area contributed by atoms with Crippen molar-refractivity contribution in [3.8, 4) is 0 Å². The highest BCUT2D eigenvalue weighted by Crippen LogP contribution is 2.22. The van der Waals surface area contributed by atoms with Gasteiger partial charge in [0.05, 0.1) is 5.67 Å². The first-order valence-corrected chi connectivity index (χ1v) is 14.0. The molecule has 2 unspecified atom stereocenters. The van der Waals surface area contributed by atoms with E-state index in [1.807, 2.05) is 20.8 Å². The summed E-state index contributed by atoms with van der Waals surface area (Å²) in [6, 6.07) is 0. The fourth-order valence-electron chi connectivity index (χ4n) is 3.03. The summed E-state index contributed by atoms with van der Waals surface area (Å²) in [5.41, 5.74) is 0.445. The van der Waals surface area contributed by atoms with Gasteiger partial charge >= 0.3 is 8.80 Å². The van der Waals surface area contributed by atoms with Gasteiger partial charge in [0.15, 0.2) is 0 Å². The van der Waals surface area contributed by atoms with E-state index in [2.05, 4.69) is 39.2 Å². The lowest BCUT2D eigenvalue weighted by atomic mass is 10.4. The molecule has 0 aliphatic heterocycles. The van der Waals surface area contributed by atoms with Gasteiger partial charge < -0.3 is 23.0 Å². The second kappa shape index (κ2) is 11.7. The molecule has 1 N–H and O–H groups in total. The van der Waals surface area contributed by atoms with Crippen molar-refractivity contribution >= 4 is 17.1 Å². The Bertz CT molecular complexity index is 289. The van der Waals surface area contributed by atoms with E-state index in [0.29, 0.717) is 25.5 Å². The highest BCUT2D eigenvalue weighted by Gasteiger charge is 2.50. The van der Waals surface area contributed by atoms with Crippen LogP contribution in [0.1, 0.15) is 54.4 Å². The molecule has 0 bridgehead atoms. The van der Waals surface area contributed by atoms with Gasteiger partial charge in [-0.25, -0.2) is 0 Å². The highest BCUT2D eigenvalue weighted by molar-refractivity contribution is 6.73. The SMILES string of the molecule is CCO[Si](C)(C)C(CC)NC(CC)[Si](OCC)(OCC)OCC. The van der Waals surface area contributed by atoms with Gasteiger partial charge in [-0.05, 0) is 53.6 Å². The number of nitrogens with one attached hydrogen (secondary N) is 1. The third-order valence-corrected chi connectivity index (χ3v) is 10.8. The minimum absolute atomic E-state index is 0.0968. The molecule has 0 heterocycles. The van der Waals surface area contributed by atoms with Gasteiger partial charge in [0.2, 0.25) is 8.32 Å². The Morgan fingerprint density at radius 3 is 1.35 bits per heavy atom. The Morgan fingerprint density at radius 2 is 1.04 bits per heavy atom. The Hall–Kier alpha value is 0.234. The van der Waals surface area contributed by atoms with E-state index in [1.165, 1.54) is 0 Å². The van der Waals surface area contributed by atoms with Crippen LogP contribution in [0.2, 0.25) is 13.1 Å². The number of hydrogen-bond donors (Lipinski definition) is 1. The summed E-state index contributed by atoms with van der Waals surface area (Å²) >= 11 is 0. The lowest BCUT2D eigenvalue weighted by molar-refractivity contribution is 0.0564. The Balaban J connectivity index is 5.37. The molecule has 0 aliphatic carbocycles. The zero-order valence-electron chi connectivity index (χ0n) is 16.5. The zero-order chi connectivity index (χ0) is 17.9. The molecule has 2 atom stereocenters. The first-order valence-electron chi connectivity index (χ1n) is 9.19. The van der Waals surface area contributed by atoms with Crippen molar-refractivity contribution in [2.24, 2.45) is 0 Å². The summed E-state index contributed by atoms with van der Waals surface area (Å²) in [4.78, 5) is 0. The van der Waals surface area contributed by atoms with Gasteiger partial charge in [0.1, 0.15) is 0 Å². The molecule has 0 rings (SSSR count). The van der Waals surface area contributed by atoms with Crippen LogP contribution in [0, 0.1) is 0 Å². The topological polar surface area (TPSA) is 49.0 Å². The van der Waals surface area contributed by atoms with Crippen molar-refractivity contribution < 1.29 is 17.7 Å². The molecule has 0 amide bonds. The average Bonchev–Trinajstić information content (AvgIpc) is 2.48. The lowest BCUT2D eigenvalue weighted by Gasteiger charge is -2.40. The summed E-state index contributed by atoms with van der Waals surface area (Å²) in [6.45, 7) is 19.6. The van der Waals surface area contributed by atoms with Crippen molar-refractivity contribution in [2.45, 2.75) is 78.8 Å². The van der Waals surface area contributed by atoms with E-state index >= 15 is 0 Å². The second-order valence-electron chi connectivity index (χ2n) is 6.03. The van der Waals surface area contributed by atoms with Crippen molar-refractivity contribution in [1.82, 2.24) is 5.32 Å². The second-order valence-corrected chi connectivity index (χ2v) is 13.0. The van der Waals surface area contributed by atoms with Gasteiger partial charge in [-0.1, -0.05) is 13.8 Å². The maximum Gasteiger partial charge on any atom is 0.518 e. The minimum Gasteiger partial charge on any atom is -0.416 e. The van der Waals surface area contributed by atoms with Crippen LogP contribution in [0.25, 0.3) is 0 Å². The van der Waals surface area contributed by atoms with Crippen LogP contribution in [-0.2, 0) is 17.7 Å². The molecule has 0 spiro atoms. The van der Waals surface area contributed by atoms with Crippen molar-refractivity contribution in [3.63, 3.8) is 0 Å². The van der Waals surface area contributed by atoms with Gasteiger partial charge in [-0.2, -0.15) is 0 Å². The minimum atomic E-state index is -2.75. The molecular formula is C16H39NO4Si2. The molecule has 0 saturated carbocycles. The molecule has 0 fully saturated rings. The predicted molar refractivity (Wildman–Crippen MR) is 101 cm³/mol. The summed E-state index contributed by atoms with van der Waals surface area (Å²) < 4.78 is 24.4. The maximum atomic E-state index is 6.09. The largest absolute Gasteiger partial charge is 0.518 e. The van der Waals surface area contributed by atoms with Crippen LogP contribution in [0.15, 0.2) is 0 Å². The molecule has 0 radical (unpaired) electrons. The van der Waals surface area contributed by atoms with Crippen molar-refractivity contribution in [3.05, 3.63) is 0 Å². The van der Waals surface area contributed by atoms with Crippen LogP contribution in [0.5, 0.6) is 0 Å². The molecular weight excluding hydrogens is 326 g/mol. The van der Waals surface area contributed by atoms with E-state index in [0.717, 1.165) is 19.4 Å². The van der Waals surface area contributed by atoms with Crippen LogP contribution in [0.4, 0.5) is 0 Å². The van der Waals surface area contributed by atoms with E-state index in [4.69, 9.17) is 17.7 Å². The Kier molecular flexibility index (Phi) is 11.8. The van der Waals surface area contributed by atoms with Crippen molar-refractivity contribution in [2.75, 3.05) is 26.4 Å². The smallest absolute Gasteiger partial charge is 0.416 e. The summed E-state index contributed by atoms with van der Waals surface area (Å²) in [6.07, 6.45) is 1.95.